The van der Waals surface area contributed by atoms with Gasteiger partial charge in [-0.3, -0.25) is 9.69 Å². The summed E-state index contributed by atoms with van der Waals surface area (Å²) >= 11 is 1.73. The van der Waals surface area contributed by atoms with Crippen LogP contribution < -0.4 is 10.6 Å². The van der Waals surface area contributed by atoms with Crippen LogP contribution in [0.5, 0.6) is 0 Å². The van der Waals surface area contributed by atoms with Crippen LogP contribution in [0, 0.1) is 13.8 Å². The molecule has 0 spiro atoms. The van der Waals surface area contributed by atoms with E-state index in [9.17, 15) is 4.79 Å². The molecule has 2 N–H and O–H groups in total. The summed E-state index contributed by atoms with van der Waals surface area (Å²) in [6, 6.07) is 7.68. The van der Waals surface area contributed by atoms with Crippen LogP contribution in [0.2, 0.25) is 0 Å². The van der Waals surface area contributed by atoms with E-state index in [1.165, 1.54) is 30.2 Å². The summed E-state index contributed by atoms with van der Waals surface area (Å²) in [5.41, 5.74) is 2.94. The van der Waals surface area contributed by atoms with Crippen molar-refractivity contribution in [3.05, 3.63) is 40.5 Å². The van der Waals surface area contributed by atoms with Gasteiger partial charge in [-0.05, 0) is 69.6 Å². The number of aryl methyl sites for hydroxylation is 2. The maximum absolute atomic E-state index is 11.2. The number of hydrogen-bond acceptors (Lipinski definition) is 6. The third kappa shape index (κ3) is 4.00. The van der Waals surface area contributed by atoms with E-state index < -0.39 is 0 Å². The molecule has 1 aromatic carbocycles. The van der Waals surface area contributed by atoms with Crippen molar-refractivity contribution in [1.29, 1.82) is 0 Å². The number of carbonyl (C=O) groups excluding carboxylic acids is 1. The average Bonchev–Trinajstić information content (AvgIpc) is 3.25. The van der Waals surface area contributed by atoms with Crippen molar-refractivity contribution in [3.8, 4) is 0 Å². The highest BCUT2D eigenvalue weighted by Gasteiger charge is 2.18. The predicted octanol–water partition coefficient (Wildman–Crippen LogP) is 4.61. The molecule has 2 aromatic heterocycles. The van der Waals surface area contributed by atoms with Gasteiger partial charge in [0.15, 0.2) is 0 Å². The fraction of sp³-hybridized carbons (Fsp3) is 0.381. The molecule has 0 atom stereocenters. The molecule has 28 heavy (non-hydrogen) atoms. The van der Waals surface area contributed by atoms with E-state index in [0.717, 1.165) is 52.9 Å². The fourth-order valence-corrected chi connectivity index (χ4v) is 4.62. The molecule has 1 saturated heterocycles. The molecule has 6 nitrogen and oxygen atoms in total. The highest BCUT2D eigenvalue weighted by molar-refractivity contribution is 7.18. The molecule has 0 aliphatic carbocycles. The van der Waals surface area contributed by atoms with Crippen LogP contribution in [0.15, 0.2) is 24.3 Å². The van der Waals surface area contributed by atoms with Crippen molar-refractivity contribution in [1.82, 2.24) is 14.9 Å². The first kappa shape index (κ1) is 18.8. The lowest BCUT2D eigenvalue weighted by Crippen LogP contribution is -2.20. The number of nitrogens with zero attached hydrogens (tertiary/aromatic N) is 3. The van der Waals surface area contributed by atoms with Crippen LogP contribution in [0.4, 0.5) is 17.2 Å². The van der Waals surface area contributed by atoms with Crippen LogP contribution in [-0.2, 0) is 11.3 Å². The topological polar surface area (TPSA) is 70.2 Å². The molecule has 146 valence electrons. The van der Waals surface area contributed by atoms with Crippen LogP contribution >= 0.6 is 11.3 Å². The van der Waals surface area contributed by atoms with E-state index in [0.29, 0.717) is 0 Å². The number of likely N-dealkylation sites (tertiary alicyclic amines) is 1. The quantitative estimate of drug-likeness (QED) is 0.660. The number of fused-ring (bicyclic) bond motifs is 1. The van der Waals surface area contributed by atoms with Gasteiger partial charge in [-0.15, -0.1) is 11.3 Å². The molecule has 1 aliphatic heterocycles. The van der Waals surface area contributed by atoms with E-state index in [4.69, 9.17) is 9.97 Å². The molecule has 0 radical (unpaired) electrons. The van der Waals surface area contributed by atoms with E-state index in [2.05, 4.69) is 29.4 Å². The third-order valence-electron chi connectivity index (χ3n) is 5.11. The second-order valence-corrected chi connectivity index (χ2v) is 8.52. The highest BCUT2D eigenvalue weighted by Crippen LogP contribution is 2.35. The van der Waals surface area contributed by atoms with Gasteiger partial charge in [-0.2, -0.15) is 0 Å². The number of rotatable bonds is 5. The molecule has 0 unspecified atom stereocenters. The first-order valence-corrected chi connectivity index (χ1v) is 10.4. The van der Waals surface area contributed by atoms with Crippen molar-refractivity contribution in [3.63, 3.8) is 0 Å². The molecule has 3 aromatic rings. The van der Waals surface area contributed by atoms with Crippen LogP contribution in [0.1, 0.15) is 36.0 Å². The minimum atomic E-state index is -0.0749. The van der Waals surface area contributed by atoms with Gasteiger partial charge >= 0.3 is 0 Å². The first-order chi connectivity index (χ1) is 13.5. The Morgan fingerprint density at radius 1 is 1.11 bits per heavy atom. The molecule has 1 amide bonds. The van der Waals surface area contributed by atoms with Gasteiger partial charge in [0.05, 0.1) is 11.9 Å². The molecular weight excluding hydrogens is 370 g/mol. The first-order valence-electron chi connectivity index (χ1n) is 9.63. The van der Waals surface area contributed by atoms with Crippen molar-refractivity contribution < 1.29 is 4.79 Å². The molecular formula is C21H25N5OS. The zero-order valence-corrected chi connectivity index (χ0v) is 17.3. The molecule has 3 heterocycles. The van der Waals surface area contributed by atoms with Gasteiger partial charge in [-0.25, -0.2) is 9.97 Å². The van der Waals surface area contributed by atoms with Gasteiger partial charge in [0.1, 0.15) is 16.5 Å². The summed E-state index contributed by atoms with van der Waals surface area (Å²) in [7, 11) is 0. The van der Waals surface area contributed by atoms with E-state index in [1.807, 2.05) is 24.3 Å². The maximum atomic E-state index is 11.2. The van der Waals surface area contributed by atoms with E-state index >= 15 is 0 Å². The summed E-state index contributed by atoms with van der Waals surface area (Å²) in [5.74, 6) is 1.65. The van der Waals surface area contributed by atoms with Gasteiger partial charge in [-0.1, -0.05) is 0 Å². The standard InChI is InChI=1S/C21H25N5OS/c1-13-14(2)28-21-19(13)20(24-18(25-21)12-26-10-4-5-11-26)23-17-8-6-16(7-9-17)22-15(3)27/h6-9H,4-5,10-12H2,1-3H3,(H,22,27)(H,23,24,25). The minimum absolute atomic E-state index is 0.0749. The lowest BCUT2D eigenvalue weighted by molar-refractivity contribution is -0.114. The molecule has 4 rings (SSSR count). The highest BCUT2D eigenvalue weighted by atomic mass is 32.1. The summed E-state index contributed by atoms with van der Waals surface area (Å²) in [6.45, 7) is 8.81. The largest absolute Gasteiger partial charge is 0.340 e. The van der Waals surface area contributed by atoms with Crippen molar-refractivity contribution in [2.24, 2.45) is 0 Å². The zero-order chi connectivity index (χ0) is 19.7. The molecule has 1 fully saturated rings. The number of aromatic nitrogens is 2. The number of nitrogens with one attached hydrogen (secondary N) is 2. The Balaban J connectivity index is 1.66. The number of hydrogen-bond donors (Lipinski definition) is 2. The Morgan fingerprint density at radius 3 is 2.46 bits per heavy atom. The molecule has 0 saturated carbocycles. The third-order valence-corrected chi connectivity index (χ3v) is 6.21. The predicted molar refractivity (Wildman–Crippen MR) is 115 cm³/mol. The van der Waals surface area contributed by atoms with Crippen LogP contribution in [-0.4, -0.2) is 33.9 Å². The second kappa shape index (κ2) is 7.85. The molecule has 1 aliphatic rings. The van der Waals surface area contributed by atoms with E-state index in [-0.39, 0.29) is 5.91 Å². The minimum Gasteiger partial charge on any atom is -0.340 e. The molecule has 0 bridgehead atoms. The Hall–Kier alpha value is -2.51. The van der Waals surface area contributed by atoms with Gasteiger partial charge in [0, 0.05) is 23.2 Å². The van der Waals surface area contributed by atoms with Crippen LogP contribution in [0.3, 0.4) is 0 Å². The summed E-state index contributed by atoms with van der Waals surface area (Å²) in [5, 5.41) is 7.36. The fourth-order valence-electron chi connectivity index (χ4n) is 3.57. The smallest absolute Gasteiger partial charge is 0.221 e. The zero-order valence-electron chi connectivity index (χ0n) is 16.5. The number of carbonyl (C=O) groups is 1. The summed E-state index contributed by atoms with van der Waals surface area (Å²) in [4.78, 5) is 25.7. The van der Waals surface area contributed by atoms with Crippen molar-refractivity contribution in [2.45, 2.75) is 40.2 Å². The van der Waals surface area contributed by atoms with Crippen LogP contribution in [0.25, 0.3) is 10.2 Å². The molecule has 7 heteroatoms. The Kier molecular flexibility index (Phi) is 5.28. The van der Waals surface area contributed by atoms with Gasteiger partial charge in [0.25, 0.3) is 0 Å². The average molecular weight is 396 g/mol. The van der Waals surface area contributed by atoms with Crippen molar-refractivity contribution in [2.75, 3.05) is 23.7 Å². The Labute approximate surface area is 169 Å². The monoisotopic (exact) mass is 395 g/mol. The van der Waals surface area contributed by atoms with Gasteiger partial charge < -0.3 is 10.6 Å². The Morgan fingerprint density at radius 2 is 1.79 bits per heavy atom. The maximum Gasteiger partial charge on any atom is 0.221 e. The number of anilines is 3. The normalized spacial score (nSPS) is 14.5. The Bertz CT molecular complexity index is 1010. The number of benzene rings is 1. The number of thiophene rings is 1. The second-order valence-electron chi connectivity index (χ2n) is 7.32. The lowest BCUT2D eigenvalue weighted by Gasteiger charge is -2.15. The number of amides is 1. The van der Waals surface area contributed by atoms with Gasteiger partial charge in [0.2, 0.25) is 5.91 Å². The summed E-state index contributed by atoms with van der Waals surface area (Å²) in [6.07, 6.45) is 2.51. The summed E-state index contributed by atoms with van der Waals surface area (Å²) < 4.78 is 0. The van der Waals surface area contributed by atoms with Crippen molar-refractivity contribution >= 4 is 44.7 Å². The van der Waals surface area contributed by atoms with E-state index in [1.54, 1.807) is 11.3 Å². The SMILES string of the molecule is CC(=O)Nc1ccc(Nc2nc(CN3CCCC3)nc3sc(C)c(C)c23)cc1. The lowest BCUT2D eigenvalue weighted by atomic mass is 10.2.